The molecule has 5 heteroatoms. The maximum absolute atomic E-state index is 11.1. The number of nitrogens with zero attached hydrogens (tertiary/aromatic N) is 1. The Kier molecular flexibility index (Phi) is 5.49. The number of carbonyl (C=O) groups is 1. The molecule has 1 aromatic carbocycles. The van der Waals surface area contributed by atoms with Crippen LogP contribution in [-0.4, -0.2) is 16.8 Å². The Labute approximate surface area is 198 Å². The molecule has 1 saturated carbocycles. The van der Waals surface area contributed by atoms with E-state index in [1.54, 1.807) is 6.07 Å². The van der Waals surface area contributed by atoms with Gasteiger partial charge in [-0.1, -0.05) is 49.7 Å². The average molecular weight is 460 g/mol. The average Bonchev–Trinajstić information content (AvgIpc) is 3.40. The second kappa shape index (κ2) is 8.35. The van der Waals surface area contributed by atoms with E-state index in [-0.39, 0.29) is 17.1 Å². The first-order chi connectivity index (χ1) is 15.8. The molecule has 33 heavy (non-hydrogen) atoms. The lowest BCUT2D eigenvalue weighted by atomic mass is 9.68. The van der Waals surface area contributed by atoms with Crippen LogP contribution in [0.15, 0.2) is 86.5 Å². The van der Waals surface area contributed by atoms with Crippen molar-refractivity contribution in [2.45, 2.75) is 39.5 Å². The zero-order valence-corrected chi connectivity index (χ0v) is 19.5. The molecule has 2 aromatic rings. The predicted molar refractivity (Wildman–Crippen MR) is 132 cm³/mol. The van der Waals surface area contributed by atoms with Gasteiger partial charge in [-0.3, -0.25) is 4.99 Å². The lowest BCUT2D eigenvalue weighted by Crippen LogP contribution is -2.27. The summed E-state index contributed by atoms with van der Waals surface area (Å²) in [5, 5.41) is 9.85. The number of fused-ring (bicyclic) bond motifs is 2. The van der Waals surface area contributed by atoms with E-state index >= 15 is 0 Å². The van der Waals surface area contributed by atoms with E-state index in [1.165, 1.54) is 28.5 Å². The molecule has 3 aliphatic rings. The van der Waals surface area contributed by atoms with Crippen LogP contribution >= 0.6 is 11.6 Å². The normalized spacial score (nSPS) is 21.4. The highest BCUT2D eigenvalue weighted by molar-refractivity contribution is 6.30. The van der Waals surface area contributed by atoms with E-state index < -0.39 is 5.97 Å². The second-order valence-corrected chi connectivity index (χ2v) is 9.96. The Morgan fingerprint density at radius 2 is 2.00 bits per heavy atom. The Balaban J connectivity index is 1.54. The summed E-state index contributed by atoms with van der Waals surface area (Å²) in [6, 6.07) is 11.2. The van der Waals surface area contributed by atoms with Gasteiger partial charge in [-0.05, 0) is 84.2 Å². The SMILES string of the molecule is CC1(C)CCCC2=NC3=C(C=Cc4ccc(C(=O)O)o4)C=CC(Cc4ccc(Cl)cc4)C3=C21. The van der Waals surface area contributed by atoms with E-state index in [1.807, 2.05) is 24.3 Å². The molecular formula is C28H26ClNO3. The summed E-state index contributed by atoms with van der Waals surface area (Å²) >= 11 is 6.10. The first kappa shape index (κ1) is 21.7. The van der Waals surface area contributed by atoms with Crippen molar-refractivity contribution in [2.75, 3.05) is 0 Å². The summed E-state index contributed by atoms with van der Waals surface area (Å²) in [6.07, 6.45) is 12.4. The van der Waals surface area contributed by atoms with Gasteiger partial charge in [0.2, 0.25) is 5.76 Å². The van der Waals surface area contributed by atoms with Gasteiger partial charge in [0.15, 0.2) is 0 Å². The van der Waals surface area contributed by atoms with Crippen LogP contribution < -0.4 is 0 Å². The Hall–Kier alpha value is -3.11. The first-order valence-corrected chi connectivity index (χ1v) is 11.7. The van der Waals surface area contributed by atoms with Gasteiger partial charge in [-0.25, -0.2) is 4.79 Å². The predicted octanol–water partition coefficient (Wildman–Crippen LogP) is 7.29. The van der Waals surface area contributed by atoms with Crippen LogP contribution in [-0.2, 0) is 6.42 Å². The summed E-state index contributed by atoms with van der Waals surface area (Å²) in [5.74, 6) is -0.380. The number of carboxylic acids is 1. The fourth-order valence-electron chi connectivity index (χ4n) is 5.17. The van der Waals surface area contributed by atoms with E-state index in [4.69, 9.17) is 26.1 Å². The van der Waals surface area contributed by atoms with Gasteiger partial charge in [0.1, 0.15) is 5.76 Å². The molecule has 1 atom stereocenters. The number of aliphatic imine (C=N–C) groups is 1. The van der Waals surface area contributed by atoms with E-state index in [0.29, 0.717) is 5.76 Å². The number of allylic oxidation sites excluding steroid dienone is 6. The number of carboxylic acid groups (broad SMARTS) is 1. The zero-order chi connectivity index (χ0) is 23.2. The van der Waals surface area contributed by atoms with Gasteiger partial charge in [-0.2, -0.15) is 0 Å². The molecule has 0 radical (unpaired) electrons. The van der Waals surface area contributed by atoms with Crippen LogP contribution in [0.2, 0.25) is 5.02 Å². The number of hydrogen-bond donors (Lipinski definition) is 1. The van der Waals surface area contributed by atoms with Gasteiger partial charge < -0.3 is 9.52 Å². The third-order valence-corrected chi connectivity index (χ3v) is 6.99. The van der Waals surface area contributed by atoms with Gasteiger partial charge in [0.25, 0.3) is 0 Å². The molecule has 1 N–H and O–H groups in total. The van der Waals surface area contributed by atoms with E-state index in [2.05, 4.69) is 38.1 Å². The van der Waals surface area contributed by atoms with E-state index in [9.17, 15) is 4.79 Å². The monoisotopic (exact) mass is 459 g/mol. The highest BCUT2D eigenvalue weighted by Gasteiger charge is 2.40. The van der Waals surface area contributed by atoms with Crippen LogP contribution in [0.3, 0.4) is 0 Å². The lowest BCUT2D eigenvalue weighted by molar-refractivity contribution is 0.0662. The number of furan rings is 1. The molecule has 0 amide bonds. The maximum atomic E-state index is 11.1. The van der Waals surface area contributed by atoms with Crippen LogP contribution in [0.1, 0.15) is 55.0 Å². The summed E-state index contributed by atoms with van der Waals surface area (Å²) in [6.45, 7) is 4.66. The van der Waals surface area contributed by atoms with E-state index in [0.717, 1.165) is 42.0 Å². The number of rotatable bonds is 5. The van der Waals surface area contributed by atoms with Gasteiger partial charge in [-0.15, -0.1) is 0 Å². The van der Waals surface area contributed by atoms with Gasteiger partial charge in [0, 0.05) is 22.2 Å². The minimum absolute atomic E-state index is 0.0637. The molecule has 0 spiro atoms. The van der Waals surface area contributed by atoms with Gasteiger partial charge in [0.05, 0.1) is 5.70 Å². The van der Waals surface area contributed by atoms with Crippen molar-refractivity contribution >= 4 is 29.4 Å². The second-order valence-electron chi connectivity index (χ2n) is 9.53. The number of hydrogen-bond acceptors (Lipinski definition) is 3. The minimum Gasteiger partial charge on any atom is -0.475 e. The highest BCUT2D eigenvalue weighted by Crippen LogP contribution is 2.50. The molecule has 1 fully saturated rings. The number of halogens is 1. The molecule has 1 aliphatic heterocycles. The molecule has 2 heterocycles. The summed E-state index contributed by atoms with van der Waals surface area (Å²) in [5.41, 5.74) is 7.36. The van der Waals surface area contributed by atoms with Crippen LogP contribution in [0.4, 0.5) is 0 Å². The Bertz CT molecular complexity index is 1270. The Morgan fingerprint density at radius 1 is 1.21 bits per heavy atom. The summed E-state index contributed by atoms with van der Waals surface area (Å²) in [4.78, 5) is 16.2. The van der Waals surface area contributed by atoms with Crippen molar-refractivity contribution in [1.29, 1.82) is 0 Å². The molecule has 1 aromatic heterocycles. The van der Waals surface area contributed by atoms with Crippen molar-refractivity contribution in [3.05, 3.63) is 99.1 Å². The zero-order valence-electron chi connectivity index (χ0n) is 18.8. The smallest absolute Gasteiger partial charge is 0.371 e. The third kappa shape index (κ3) is 4.16. The lowest BCUT2D eigenvalue weighted by Gasteiger charge is -2.35. The fourth-order valence-corrected chi connectivity index (χ4v) is 5.29. The van der Waals surface area contributed by atoms with Gasteiger partial charge >= 0.3 is 5.97 Å². The fraction of sp³-hybridized carbons (Fsp3) is 0.286. The van der Waals surface area contributed by atoms with Crippen LogP contribution in [0.5, 0.6) is 0 Å². The number of aromatic carboxylic acids is 1. The van der Waals surface area contributed by atoms with Crippen LogP contribution in [0.25, 0.3) is 6.08 Å². The van der Waals surface area contributed by atoms with Crippen LogP contribution in [0, 0.1) is 11.3 Å². The Morgan fingerprint density at radius 3 is 2.73 bits per heavy atom. The minimum atomic E-state index is -1.07. The van der Waals surface area contributed by atoms with Crippen molar-refractivity contribution in [2.24, 2.45) is 16.3 Å². The molecule has 0 saturated heterocycles. The molecule has 1 unspecified atom stereocenters. The van der Waals surface area contributed by atoms with Crippen molar-refractivity contribution in [1.82, 2.24) is 0 Å². The number of benzene rings is 1. The molecule has 4 nitrogen and oxygen atoms in total. The molecule has 0 bridgehead atoms. The van der Waals surface area contributed by atoms with Crippen molar-refractivity contribution in [3.63, 3.8) is 0 Å². The summed E-state index contributed by atoms with van der Waals surface area (Å²) in [7, 11) is 0. The molecular weight excluding hydrogens is 434 g/mol. The highest BCUT2D eigenvalue weighted by atomic mass is 35.5. The largest absolute Gasteiger partial charge is 0.475 e. The molecule has 2 aliphatic carbocycles. The van der Waals surface area contributed by atoms with Crippen molar-refractivity contribution < 1.29 is 14.3 Å². The first-order valence-electron chi connectivity index (χ1n) is 11.3. The molecule has 5 rings (SSSR count). The maximum Gasteiger partial charge on any atom is 0.371 e. The third-order valence-electron chi connectivity index (χ3n) is 6.74. The van der Waals surface area contributed by atoms with Crippen molar-refractivity contribution in [3.8, 4) is 0 Å². The quantitative estimate of drug-likeness (QED) is 0.510. The topological polar surface area (TPSA) is 62.8 Å². The molecule has 168 valence electrons. The summed E-state index contributed by atoms with van der Waals surface area (Å²) < 4.78 is 5.39. The standard InChI is InChI=1S/C28H26ClNO3/c1-28(2)15-3-4-22-25(28)24-19(16-17-5-10-20(29)11-6-17)8-7-18(26(24)30-22)9-12-21-13-14-23(33-21)27(31)32/h5-14,19H,3-4,15-16H2,1-2H3,(H,31,32).